The summed E-state index contributed by atoms with van der Waals surface area (Å²) in [5.41, 5.74) is -0.0203. The van der Waals surface area contributed by atoms with Gasteiger partial charge >= 0.3 is 11.9 Å². The highest BCUT2D eigenvalue weighted by Crippen LogP contribution is 2.46. The Labute approximate surface area is 291 Å². The molecule has 0 fully saturated rings. The third-order valence-corrected chi connectivity index (χ3v) is 8.83. The average Bonchev–Trinajstić information content (AvgIpc) is 3.07. The second kappa shape index (κ2) is 18.1. The van der Waals surface area contributed by atoms with Gasteiger partial charge in [-0.25, -0.2) is 4.79 Å². The fourth-order valence-corrected chi connectivity index (χ4v) is 6.10. The van der Waals surface area contributed by atoms with E-state index < -0.39 is 58.6 Å². The van der Waals surface area contributed by atoms with Crippen LogP contribution in [0, 0.1) is 0 Å². The summed E-state index contributed by atoms with van der Waals surface area (Å²) >= 11 is 0. The number of benzene rings is 3. The number of ether oxygens (including phenoxy) is 3. The molecule has 0 aliphatic carbocycles. The zero-order chi connectivity index (χ0) is 36.2. The van der Waals surface area contributed by atoms with E-state index in [2.05, 4.69) is 6.92 Å². The smallest absolute Gasteiger partial charge is 0.338 e. The zero-order valence-electron chi connectivity index (χ0n) is 28.4. The van der Waals surface area contributed by atoms with Crippen LogP contribution >= 0.6 is 0 Å². The minimum Gasteiger partial charge on any atom is -0.508 e. The first-order valence-electron chi connectivity index (χ1n) is 17.4. The molecule has 0 spiro atoms. The van der Waals surface area contributed by atoms with Crippen LogP contribution < -0.4 is 9.47 Å². The number of fused-ring (bicyclic) bond motifs is 1. The van der Waals surface area contributed by atoms with Crippen LogP contribution in [0.5, 0.6) is 51.7 Å². The van der Waals surface area contributed by atoms with E-state index in [1.807, 2.05) is 0 Å². The quantitative estimate of drug-likeness (QED) is 0.0293. The van der Waals surface area contributed by atoms with Crippen LogP contribution in [0.4, 0.5) is 0 Å². The Balaban J connectivity index is 1.35. The van der Waals surface area contributed by atoms with E-state index >= 15 is 0 Å². The molecule has 3 aromatic carbocycles. The summed E-state index contributed by atoms with van der Waals surface area (Å²) < 4.78 is 16.9. The summed E-state index contributed by atoms with van der Waals surface area (Å²) in [6, 6.07) is 6.44. The molecule has 0 aromatic heterocycles. The first kappa shape index (κ1) is 37.8. The zero-order valence-corrected chi connectivity index (χ0v) is 28.4. The third kappa shape index (κ3) is 10.3. The predicted molar refractivity (Wildman–Crippen MR) is 183 cm³/mol. The maximum atomic E-state index is 13.1. The molecule has 0 radical (unpaired) electrons. The van der Waals surface area contributed by atoms with Crippen LogP contribution in [-0.2, 0) is 16.0 Å². The molecule has 0 unspecified atom stereocenters. The van der Waals surface area contributed by atoms with E-state index in [4.69, 9.17) is 14.2 Å². The molecule has 12 heteroatoms. The second-order valence-electron chi connectivity index (χ2n) is 12.8. The van der Waals surface area contributed by atoms with Crippen molar-refractivity contribution in [2.75, 3.05) is 0 Å². The number of unbranched alkanes of at least 4 members (excludes halogenated alkanes) is 12. The first-order valence-corrected chi connectivity index (χ1v) is 17.4. The molecule has 3 aromatic rings. The summed E-state index contributed by atoms with van der Waals surface area (Å²) in [5.74, 6) is -6.20. The highest BCUT2D eigenvalue weighted by molar-refractivity contribution is 5.91. The van der Waals surface area contributed by atoms with Crippen molar-refractivity contribution < 1.29 is 59.5 Å². The van der Waals surface area contributed by atoms with Gasteiger partial charge in [0, 0.05) is 36.1 Å². The molecule has 4 rings (SSSR count). The number of rotatable bonds is 18. The van der Waals surface area contributed by atoms with Crippen molar-refractivity contribution in [2.45, 2.75) is 115 Å². The lowest BCUT2D eigenvalue weighted by Crippen LogP contribution is -2.34. The average molecular weight is 697 g/mol. The normalized spacial score (nSPS) is 15.2. The van der Waals surface area contributed by atoms with E-state index in [9.17, 15) is 45.3 Å². The van der Waals surface area contributed by atoms with Gasteiger partial charge in [-0.1, -0.05) is 84.0 Å². The summed E-state index contributed by atoms with van der Waals surface area (Å²) in [7, 11) is 0. The SMILES string of the molecule is CCCCCCCCCCCCCCCC(=O)Oc1c(O)cc([C@H]2Oc3cc(O)cc(O)c3C[C@H]2OC(=O)c2cc(O)c(O)c(O)c2)cc1O. The molecule has 0 saturated heterocycles. The van der Waals surface area contributed by atoms with Crippen LogP contribution in [0.3, 0.4) is 0 Å². The van der Waals surface area contributed by atoms with Crippen molar-refractivity contribution in [1.29, 1.82) is 0 Å². The molecule has 0 bridgehead atoms. The van der Waals surface area contributed by atoms with E-state index in [-0.39, 0.29) is 46.8 Å². The van der Waals surface area contributed by atoms with E-state index in [0.717, 1.165) is 37.5 Å². The van der Waals surface area contributed by atoms with Gasteiger partial charge in [-0.05, 0) is 30.7 Å². The number of hydrogen-bond acceptors (Lipinski definition) is 12. The Morgan fingerprint density at radius 1 is 0.680 bits per heavy atom. The number of hydrogen-bond donors (Lipinski definition) is 7. The summed E-state index contributed by atoms with van der Waals surface area (Å²) in [6.07, 6.45) is 12.6. The maximum Gasteiger partial charge on any atom is 0.338 e. The van der Waals surface area contributed by atoms with E-state index in [1.54, 1.807) is 0 Å². The number of carbonyl (C=O) groups is 2. The van der Waals surface area contributed by atoms with Gasteiger partial charge in [0.1, 0.15) is 23.4 Å². The van der Waals surface area contributed by atoms with Gasteiger partial charge in [-0.3, -0.25) is 4.79 Å². The standard InChI is InChI=1S/C38H48O12/c1-2-3-4-5-6-7-8-9-10-11-12-13-14-15-34(45)50-37-30(43)16-23(17-31(37)44)36-33(22-26-27(40)20-25(39)21-32(26)48-36)49-38(47)24-18-28(41)35(46)29(42)19-24/h16-21,33,36,39-44,46H,2-15,22H2,1H3/t33-,36-/m1/s1. The van der Waals surface area contributed by atoms with Crippen molar-refractivity contribution in [1.82, 2.24) is 0 Å². The van der Waals surface area contributed by atoms with Crippen molar-refractivity contribution in [2.24, 2.45) is 0 Å². The van der Waals surface area contributed by atoms with E-state index in [1.165, 1.54) is 76.0 Å². The predicted octanol–water partition coefficient (Wildman–Crippen LogP) is 7.91. The highest BCUT2D eigenvalue weighted by Gasteiger charge is 2.37. The van der Waals surface area contributed by atoms with Gasteiger partial charge in [-0.15, -0.1) is 0 Å². The molecule has 50 heavy (non-hydrogen) atoms. The number of aromatic hydroxyl groups is 7. The molecule has 2 atom stereocenters. The van der Waals surface area contributed by atoms with Gasteiger partial charge in [0.05, 0.1) is 5.56 Å². The monoisotopic (exact) mass is 696 g/mol. The van der Waals surface area contributed by atoms with Gasteiger partial charge in [0.15, 0.2) is 34.9 Å². The van der Waals surface area contributed by atoms with Crippen molar-refractivity contribution in [3.8, 4) is 51.7 Å². The minimum absolute atomic E-state index is 0.0482. The highest BCUT2D eigenvalue weighted by atomic mass is 16.6. The number of phenolic OH excluding ortho intramolecular Hbond substituents is 7. The van der Waals surface area contributed by atoms with Crippen LogP contribution in [0.15, 0.2) is 36.4 Å². The molecule has 272 valence electrons. The van der Waals surface area contributed by atoms with Crippen molar-refractivity contribution in [3.63, 3.8) is 0 Å². The van der Waals surface area contributed by atoms with Crippen molar-refractivity contribution >= 4 is 11.9 Å². The fraction of sp³-hybridized carbons (Fsp3) is 0.474. The van der Waals surface area contributed by atoms with Gasteiger partial charge in [0.25, 0.3) is 0 Å². The lowest BCUT2D eigenvalue weighted by molar-refractivity contribution is -0.134. The Kier molecular flexibility index (Phi) is 13.7. The molecule has 1 aliphatic heterocycles. The Morgan fingerprint density at radius 2 is 1.22 bits per heavy atom. The van der Waals surface area contributed by atoms with Crippen LogP contribution in [0.2, 0.25) is 0 Å². The van der Waals surface area contributed by atoms with Gasteiger partial charge in [0.2, 0.25) is 5.75 Å². The van der Waals surface area contributed by atoms with Crippen LogP contribution in [-0.4, -0.2) is 53.8 Å². The molecular weight excluding hydrogens is 648 g/mol. The molecule has 1 aliphatic rings. The Morgan fingerprint density at radius 3 is 1.78 bits per heavy atom. The Bertz CT molecular complexity index is 1570. The Hall–Kier alpha value is -5.00. The largest absolute Gasteiger partial charge is 0.508 e. The van der Waals surface area contributed by atoms with Crippen LogP contribution in [0.1, 0.15) is 124 Å². The summed E-state index contributed by atoms with van der Waals surface area (Å²) in [4.78, 5) is 25.6. The molecule has 7 N–H and O–H groups in total. The van der Waals surface area contributed by atoms with Crippen molar-refractivity contribution in [3.05, 3.63) is 53.1 Å². The topological polar surface area (TPSA) is 203 Å². The lowest BCUT2D eigenvalue weighted by Gasteiger charge is -2.34. The molecular formula is C38H48O12. The number of phenols is 7. The summed E-state index contributed by atoms with van der Waals surface area (Å²) in [6.45, 7) is 2.22. The molecule has 0 amide bonds. The number of esters is 2. The molecule has 0 saturated carbocycles. The fourth-order valence-electron chi connectivity index (χ4n) is 6.10. The number of carbonyl (C=O) groups excluding carboxylic acids is 2. The molecule has 1 heterocycles. The van der Waals surface area contributed by atoms with Crippen LogP contribution in [0.25, 0.3) is 0 Å². The van der Waals surface area contributed by atoms with Gasteiger partial charge < -0.3 is 50.0 Å². The first-order chi connectivity index (χ1) is 24.0. The molecule has 12 nitrogen and oxygen atoms in total. The lowest BCUT2D eigenvalue weighted by atomic mass is 9.93. The second-order valence-corrected chi connectivity index (χ2v) is 12.8. The maximum absolute atomic E-state index is 13.1. The third-order valence-electron chi connectivity index (χ3n) is 8.83. The van der Waals surface area contributed by atoms with E-state index in [0.29, 0.717) is 6.42 Å². The van der Waals surface area contributed by atoms with Gasteiger partial charge in [-0.2, -0.15) is 0 Å². The summed E-state index contributed by atoms with van der Waals surface area (Å²) in [5, 5.41) is 71.4. The minimum atomic E-state index is -1.22.